The number of hydrogen-bond donors (Lipinski definition) is 1. The van der Waals surface area contributed by atoms with Crippen molar-refractivity contribution in [2.45, 2.75) is 18.5 Å². The van der Waals surface area contributed by atoms with Gasteiger partial charge in [-0.1, -0.05) is 12.1 Å². The number of benzene rings is 2. The summed E-state index contributed by atoms with van der Waals surface area (Å²) in [5.41, 5.74) is 6.52. The predicted molar refractivity (Wildman–Crippen MR) is 116 cm³/mol. The fourth-order valence-electron chi connectivity index (χ4n) is 4.29. The molecule has 0 unspecified atom stereocenters. The van der Waals surface area contributed by atoms with Crippen LogP contribution in [0.15, 0.2) is 42.5 Å². The molecule has 9 heteroatoms. The van der Waals surface area contributed by atoms with E-state index in [1.54, 1.807) is 12.1 Å². The lowest BCUT2D eigenvalue weighted by Crippen LogP contribution is -2.59. The Kier molecular flexibility index (Phi) is 6.00. The number of hydrogen-bond acceptors (Lipinski definition) is 6. The van der Waals surface area contributed by atoms with Gasteiger partial charge in [-0.2, -0.15) is 0 Å². The maximum Gasteiger partial charge on any atom is 0.257 e. The topological polar surface area (TPSA) is 92.9 Å². The maximum absolute atomic E-state index is 14.6. The molecule has 0 bridgehead atoms. The van der Waals surface area contributed by atoms with Crippen molar-refractivity contribution in [1.82, 2.24) is 9.80 Å². The van der Waals surface area contributed by atoms with E-state index in [-0.39, 0.29) is 23.1 Å². The van der Waals surface area contributed by atoms with E-state index >= 15 is 0 Å². The minimum atomic E-state index is -3.24. The maximum atomic E-state index is 14.6. The molecular formula is C22H26FN3O4S. The van der Waals surface area contributed by atoms with Crippen LogP contribution in [0.4, 0.5) is 4.39 Å². The first-order chi connectivity index (χ1) is 14.8. The first kappa shape index (κ1) is 21.7. The largest absolute Gasteiger partial charge is 0.457 e. The number of nitrogens with two attached hydrogens (primary N) is 1. The van der Waals surface area contributed by atoms with Gasteiger partial charge in [0, 0.05) is 19.1 Å². The van der Waals surface area contributed by atoms with Crippen molar-refractivity contribution >= 4 is 15.7 Å². The number of sulfone groups is 1. The fraction of sp³-hybridized carbons (Fsp3) is 0.409. The molecule has 2 aromatic rings. The van der Waals surface area contributed by atoms with Crippen molar-refractivity contribution in [2.24, 2.45) is 5.73 Å². The molecule has 2 N–H and O–H groups in total. The molecule has 0 saturated carbocycles. The lowest BCUT2D eigenvalue weighted by molar-refractivity contribution is 0.0405. The number of amides is 1. The molecule has 2 saturated heterocycles. The van der Waals surface area contributed by atoms with Gasteiger partial charge in [-0.3, -0.25) is 9.69 Å². The third kappa shape index (κ3) is 4.58. The number of carbonyl (C=O) groups is 1. The number of halogens is 1. The highest BCUT2D eigenvalue weighted by atomic mass is 32.2. The molecule has 31 heavy (non-hydrogen) atoms. The van der Waals surface area contributed by atoms with E-state index in [0.717, 1.165) is 12.0 Å². The van der Waals surface area contributed by atoms with Gasteiger partial charge < -0.3 is 15.4 Å². The Morgan fingerprint density at radius 1 is 1.10 bits per heavy atom. The average molecular weight is 448 g/mol. The van der Waals surface area contributed by atoms with E-state index in [4.69, 9.17) is 10.5 Å². The zero-order valence-corrected chi connectivity index (χ0v) is 18.1. The zero-order chi connectivity index (χ0) is 22.2. The molecule has 7 nitrogen and oxygen atoms in total. The Hall–Kier alpha value is -2.49. The third-order valence-electron chi connectivity index (χ3n) is 5.97. The molecule has 0 spiro atoms. The summed E-state index contributed by atoms with van der Waals surface area (Å²) < 4.78 is 44.7. The number of ether oxygens (including phenoxy) is 1. The van der Waals surface area contributed by atoms with Gasteiger partial charge in [0.1, 0.15) is 17.3 Å². The normalized spacial score (nSPS) is 22.9. The van der Waals surface area contributed by atoms with Gasteiger partial charge in [0.15, 0.2) is 9.84 Å². The summed E-state index contributed by atoms with van der Waals surface area (Å²) in [5.74, 6) is -0.355. The number of nitrogens with zero attached hydrogens (tertiary/aromatic N) is 2. The molecule has 0 aliphatic carbocycles. The van der Waals surface area contributed by atoms with Crippen LogP contribution in [0.5, 0.6) is 11.5 Å². The highest BCUT2D eigenvalue weighted by Crippen LogP contribution is 2.29. The number of likely N-dealkylation sites (N-methyl/N-ethyl adjacent to an activating group) is 1. The van der Waals surface area contributed by atoms with Gasteiger partial charge in [0.2, 0.25) is 0 Å². The van der Waals surface area contributed by atoms with Gasteiger partial charge in [-0.25, -0.2) is 12.8 Å². The summed E-state index contributed by atoms with van der Waals surface area (Å²) in [4.78, 5) is 16.7. The molecule has 2 aliphatic rings. The summed E-state index contributed by atoms with van der Waals surface area (Å²) >= 11 is 0. The summed E-state index contributed by atoms with van der Waals surface area (Å²) in [6, 6.07) is 10.7. The number of carbonyl (C=O) groups excluding carboxylic acids is 1. The number of piperazine rings is 1. The van der Waals surface area contributed by atoms with Crippen LogP contribution in [0.3, 0.4) is 0 Å². The molecule has 4 rings (SSSR count). The molecule has 2 aliphatic heterocycles. The van der Waals surface area contributed by atoms with Crippen LogP contribution in [-0.2, 0) is 16.3 Å². The van der Waals surface area contributed by atoms with Crippen LogP contribution in [0.25, 0.3) is 0 Å². The Balaban J connectivity index is 1.56. The monoisotopic (exact) mass is 447 g/mol. The Labute approximate surface area is 181 Å². The van der Waals surface area contributed by atoms with E-state index < -0.39 is 27.6 Å². The van der Waals surface area contributed by atoms with Crippen LogP contribution in [0.1, 0.15) is 15.9 Å². The van der Waals surface area contributed by atoms with Gasteiger partial charge >= 0.3 is 0 Å². The van der Waals surface area contributed by atoms with Crippen molar-refractivity contribution in [3.8, 4) is 11.5 Å². The molecule has 2 atom stereocenters. The van der Waals surface area contributed by atoms with Crippen LogP contribution >= 0.6 is 0 Å². The van der Waals surface area contributed by atoms with Crippen LogP contribution in [0, 0.1) is 5.82 Å². The molecule has 2 aromatic carbocycles. The lowest BCUT2D eigenvalue weighted by Gasteiger charge is -2.42. The van der Waals surface area contributed by atoms with Crippen molar-refractivity contribution < 1.29 is 22.3 Å². The summed E-state index contributed by atoms with van der Waals surface area (Å²) in [5, 5.41) is 0. The lowest BCUT2D eigenvalue weighted by atomic mass is 10.0. The van der Waals surface area contributed by atoms with Crippen molar-refractivity contribution in [3.05, 3.63) is 59.4 Å². The molecule has 166 valence electrons. The fourth-order valence-corrected chi connectivity index (χ4v) is 6.35. The van der Waals surface area contributed by atoms with E-state index in [1.165, 1.54) is 23.1 Å². The first-order valence-electron chi connectivity index (χ1n) is 10.3. The molecule has 0 aromatic heterocycles. The van der Waals surface area contributed by atoms with Crippen molar-refractivity contribution in [1.29, 1.82) is 0 Å². The Morgan fingerprint density at radius 3 is 2.48 bits per heavy atom. The first-order valence-corrected chi connectivity index (χ1v) is 12.1. The zero-order valence-electron chi connectivity index (χ0n) is 17.3. The van der Waals surface area contributed by atoms with E-state index in [9.17, 15) is 17.6 Å². The van der Waals surface area contributed by atoms with E-state index in [0.29, 0.717) is 31.1 Å². The second-order valence-corrected chi connectivity index (χ2v) is 10.3. The second-order valence-electron chi connectivity index (χ2n) is 8.12. The minimum Gasteiger partial charge on any atom is -0.457 e. The van der Waals surface area contributed by atoms with E-state index in [1.807, 2.05) is 24.1 Å². The van der Waals surface area contributed by atoms with Crippen molar-refractivity contribution in [2.75, 3.05) is 38.2 Å². The second kappa shape index (κ2) is 8.57. The van der Waals surface area contributed by atoms with Crippen LogP contribution in [-0.4, -0.2) is 74.4 Å². The van der Waals surface area contributed by atoms with Crippen LogP contribution < -0.4 is 10.5 Å². The van der Waals surface area contributed by atoms with Gasteiger partial charge in [0.25, 0.3) is 5.91 Å². The quantitative estimate of drug-likeness (QED) is 0.750. The highest BCUT2D eigenvalue weighted by molar-refractivity contribution is 7.91. The van der Waals surface area contributed by atoms with Gasteiger partial charge in [-0.05, 0) is 55.9 Å². The molecule has 2 heterocycles. The van der Waals surface area contributed by atoms with E-state index in [2.05, 4.69) is 0 Å². The highest BCUT2D eigenvalue weighted by Gasteiger charge is 2.47. The Bertz CT molecular complexity index is 1070. The number of rotatable bonds is 5. The molecule has 1 amide bonds. The molecule has 0 radical (unpaired) electrons. The minimum absolute atomic E-state index is 0.0176. The molecular weight excluding hydrogens is 421 g/mol. The standard InChI is InChI=1S/C22H26FN3O4S/c1-25-10-11-26(21-14-31(28,29)13-20(21)25)22(27)18-12-17(6-7-19(18)23)30-16-4-2-15(3-5-16)8-9-24/h2-7,12,20-21H,8-11,13-14,24H2,1H3/t20-,21+/m1/s1. The number of fused-ring (bicyclic) bond motifs is 1. The molecule has 2 fully saturated rings. The van der Waals surface area contributed by atoms with Gasteiger partial charge in [-0.15, -0.1) is 0 Å². The predicted octanol–water partition coefficient (Wildman–Crippen LogP) is 1.67. The Morgan fingerprint density at radius 2 is 1.77 bits per heavy atom. The smallest absolute Gasteiger partial charge is 0.257 e. The van der Waals surface area contributed by atoms with Crippen LogP contribution in [0.2, 0.25) is 0 Å². The van der Waals surface area contributed by atoms with Gasteiger partial charge in [0.05, 0.1) is 23.1 Å². The summed E-state index contributed by atoms with van der Waals surface area (Å²) in [6.07, 6.45) is 0.762. The van der Waals surface area contributed by atoms with Crippen molar-refractivity contribution in [3.63, 3.8) is 0 Å². The summed E-state index contributed by atoms with van der Waals surface area (Å²) in [6.45, 7) is 1.44. The SMILES string of the molecule is CN1CCN(C(=O)c2cc(Oc3ccc(CCN)cc3)ccc2F)[C@H]2CS(=O)(=O)C[C@H]21. The third-order valence-corrected chi connectivity index (χ3v) is 7.67. The average Bonchev–Trinajstić information content (AvgIpc) is 3.07. The summed E-state index contributed by atoms with van der Waals surface area (Å²) in [7, 11) is -1.38.